The number of rotatable bonds is 4. The van der Waals surface area contributed by atoms with E-state index in [1.54, 1.807) is 12.1 Å². The van der Waals surface area contributed by atoms with Gasteiger partial charge in [-0.3, -0.25) is 14.8 Å². The number of hydrogen-bond acceptors (Lipinski definition) is 4. The third kappa shape index (κ3) is 3.81. The molecule has 100 valence electrons. The van der Waals surface area contributed by atoms with Crippen molar-refractivity contribution in [1.82, 2.24) is 10.8 Å². The molecule has 1 aromatic carbocycles. The number of carbonyl (C=O) groups excluding carboxylic acids is 2. The average molecular weight is 262 g/mol. The minimum Gasteiger partial charge on any atom is -0.391 e. The highest BCUT2D eigenvalue weighted by Crippen LogP contribution is 2.04. The first-order valence-electron chi connectivity index (χ1n) is 5.49. The lowest BCUT2D eigenvalue weighted by molar-refractivity contribution is -0.133. The molecule has 0 aromatic heterocycles. The molecule has 0 heterocycles. The Morgan fingerprint density at radius 3 is 2.32 bits per heavy atom. The van der Waals surface area contributed by atoms with Gasteiger partial charge in [-0.1, -0.05) is 5.92 Å². The van der Waals surface area contributed by atoms with Crippen LogP contribution in [-0.4, -0.2) is 34.3 Å². The zero-order chi connectivity index (χ0) is 14.4. The first-order valence-corrected chi connectivity index (χ1v) is 5.49. The smallest absolute Gasteiger partial charge is 0.268 e. The molecule has 0 spiro atoms. The molecule has 19 heavy (non-hydrogen) atoms. The lowest BCUT2D eigenvalue weighted by Crippen LogP contribution is -2.51. The van der Waals surface area contributed by atoms with Crippen LogP contribution in [0.3, 0.4) is 0 Å². The van der Waals surface area contributed by atoms with E-state index in [9.17, 15) is 14.7 Å². The van der Waals surface area contributed by atoms with Gasteiger partial charge in [0.05, 0.1) is 6.10 Å². The van der Waals surface area contributed by atoms with E-state index in [-0.39, 0.29) is 5.56 Å². The van der Waals surface area contributed by atoms with Crippen molar-refractivity contribution in [2.75, 3.05) is 0 Å². The number of aliphatic hydroxyl groups is 1. The fourth-order valence-electron chi connectivity index (χ4n) is 1.42. The normalized spacial score (nSPS) is 12.9. The number of aliphatic hydroxyl groups excluding tert-OH is 1. The van der Waals surface area contributed by atoms with Crippen molar-refractivity contribution in [3.05, 3.63) is 35.4 Å². The monoisotopic (exact) mass is 262 g/mol. The Hall–Kier alpha value is -2.36. The van der Waals surface area contributed by atoms with E-state index >= 15 is 0 Å². The van der Waals surface area contributed by atoms with Crippen LogP contribution in [0.25, 0.3) is 0 Å². The number of terminal acetylenes is 1. The van der Waals surface area contributed by atoms with E-state index in [1.807, 2.05) is 0 Å². The highest BCUT2D eigenvalue weighted by Gasteiger charge is 2.25. The largest absolute Gasteiger partial charge is 0.391 e. The summed E-state index contributed by atoms with van der Waals surface area (Å²) in [5.74, 6) is 0.954. The third-order valence-electron chi connectivity index (χ3n) is 2.48. The molecule has 0 aliphatic carbocycles. The maximum Gasteiger partial charge on any atom is 0.268 e. The van der Waals surface area contributed by atoms with Crippen molar-refractivity contribution in [1.29, 1.82) is 0 Å². The molecule has 0 aliphatic heterocycles. The second kappa shape index (κ2) is 6.54. The summed E-state index contributed by atoms with van der Waals surface area (Å²) in [5, 5.41) is 20.2. The van der Waals surface area contributed by atoms with Gasteiger partial charge in [-0.2, -0.15) is 0 Å². The molecule has 1 aromatic rings. The fraction of sp³-hybridized carbons (Fsp3) is 0.231. The maximum atomic E-state index is 11.8. The third-order valence-corrected chi connectivity index (χ3v) is 2.48. The molecule has 0 aliphatic rings. The minimum atomic E-state index is -1.25. The van der Waals surface area contributed by atoms with Gasteiger partial charge in [-0.15, -0.1) is 6.42 Å². The number of hydrogen-bond donors (Lipinski definition) is 4. The summed E-state index contributed by atoms with van der Waals surface area (Å²) >= 11 is 0. The Kier molecular flexibility index (Phi) is 5.06. The minimum absolute atomic E-state index is 0.287. The maximum absolute atomic E-state index is 11.8. The molecule has 4 N–H and O–H groups in total. The van der Waals surface area contributed by atoms with Gasteiger partial charge in [0.25, 0.3) is 11.8 Å². The highest BCUT2D eigenvalue weighted by molar-refractivity contribution is 5.97. The van der Waals surface area contributed by atoms with E-state index < -0.39 is 24.0 Å². The molecule has 2 atom stereocenters. The topological polar surface area (TPSA) is 98.7 Å². The van der Waals surface area contributed by atoms with E-state index in [0.717, 1.165) is 0 Å². The molecular formula is C13H14N2O4. The summed E-state index contributed by atoms with van der Waals surface area (Å²) in [6.45, 7) is 1.32. The zero-order valence-corrected chi connectivity index (χ0v) is 10.3. The number of hydroxylamine groups is 1. The molecule has 0 bridgehead atoms. The Bertz CT molecular complexity index is 502. The van der Waals surface area contributed by atoms with E-state index in [0.29, 0.717) is 5.56 Å². The summed E-state index contributed by atoms with van der Waals surface area (Å²) < 4.78 is 0. The molecule has 0 radical (unpaired) electrons. The quantitative estimate of drug-likeness (QED) is 0.339. The van der Waals surface area contributed by atoms with Gasteiger partial charge in [-0.25, -0.2) is 5.48 Å². The molecule has 0 saturated carbocycles. The SMILES string of the molecule is C#Cc1ccc(C(=O)N[C@H](C(=O)NO)[C@@H](C)O)cc1. The molecule has 2 amide bonds. The summed E-state index contributed by atoms with van der Waals surface area (Å²) in [7, 11) is 0. The number of benzene rings is 1. The van der Waals surface area contributed by atoms with Gasteiger partial charge in [0.1, 0.15) is 6.04 Å². The van der Waals surface area contributed by atoms with Crippen molar-refractivity contribution >= 4 is 11.8 Å². The van der Waals surface area contributed by atoms with Gasteiger partial charge in [-0.05, 0) is 31.2 Å². The van der Waals surface area contributed by atoms with Crippen LogP contribution in [0, 0.1) is 12.3 Å². The summed E-state index contributed by atoms with van der Waals surface area (Å²) in [4.78, 5) is 23.1. The van der Waals surface area contributed by atoms with E-state index in [2.05, 4.69) is 11.2 Å². The van der Waals surface area contributed by atoms with Crippen LogP contribution in [0.5, 0.6) is 0 Å². The highest BCUT2D eigenvalue weighted by atomic mass is 16.5. The first kappa shape index (κ1) is 14.7. The van der Waals surface area contributed by atoms with Crippen LogP contribution in [0.1, 0.15) is 22.8 Å². The van der Waals surface area contributed by atoms with Gasteiger partial charge < -0.3 is 10.4 Å². The van der Waals surface area contributed by atoms with Gasteiger partial charge in [0.2, 0.25) is 0 Å². The first-order chi connectivity index (χ1) is 8.99. The molecule has 0 saturated heterocycles. The predicted molar refractivity (Wildman–Crippen MR) is 67.2 cm³/mol. The van der Waals surface area contributed by atoms with Crippen molar-refractivity contribution < 1.29 is 19.9 Å². The summed E-state index contributed by atoms with van der Waals surface area (Å²) in [6, 6.07) is 4.92. The van der Waals surface area contributed by atoms with Crippen LogP contribution >= 0.6 is 0 Å². The van der Waals surface area contributed by atoms with Crippen LogP contribution in [0.2, 0.25) is 0 Å². The van der Waals surface area contributed by atoms with Crippen LogP contribution in [0.4, 0.5) is 0 Å². The molecule has 6 heteroatoms. The average Bonchev–Trinajstić information content (AvgIpc) is 2.43. The summed E-state index contributed by atoms with van der Waals surface area (Å²) in [5.41, 5.74) is 2.29. The predicted octanol–water partition coefficient (Wildman–Crippen LogP) is -0.347. The van der Waals surface area contributed by atoms with Crippen LogP contribution in [0.15, 0.2) is 24.3 Å². The Labute approximate surface area is 110 Å². The van der Waals surface area contributed by atoms with E-state index in [1.165, 1.54) is 24.5 Å². The Morgan fingerprint density at radius 1 is 1.32 bits per heavy atom. The standard InChI is InChI=1S/C13H14N2O4/c1-3-9-4-6-10(7-5-9)12(17)14-11(8(2)16)13(18)15-19/h1,4-8,11,16,19H,2H3,(H,14,17)(H,15,18)/t8-,11+/m1/s1. The zero-order valence-electron chi connectivity index (χ0n) is 10.3. The van der Waals surface area contributed by atoms with Crippen molar-refractivity contribution in [3.63, 3.8) is 0 Å². The van der Waals surface area contributed by atoms with Crippen molar-refractivity contribution in [2.45, 2.75) is 19.1 Å². The van der Waals surface area contributed by atoms with Crippen molar-refractivity contribution in [2.24, 2.45) is 0 Å². The number of nitrogens with one attached hydrogen (secondary N) is 2. The molecule has 1 rings (SSSR count). The van der Waals surface area contributed by atoms with Gasteiger partial charge >= 0.3 is 0 Å². The molecule has 0 unspecified atom stereocenters. The van der Waals surface area contributed by atoms with E-state index in [4.69, 9.17) is 11.6 Å². The second-order valence-electron chi connectivity index (χ2n) is 3.89. The lowest BCUT2D eigenvalue weighted by Gasteiger charge is -2.19. The molecule has 6 nitrogen and oxygen atoms in total. The fourth-order valence-corrected chi connectivity index (χ4v) is 1.42. The van der Waals surface area contributed by atoms with Crippen molar-refractivity contribution in [3.8, 4) is 12.3 Å². The van der Waals surface area contributed by atoms with Gasteiger partial charge in [0.15, 0.2) is 0 Å². The lowest BCUT2D eigenvalue weighted by atomic mass is 10.1. The van der Waals surface area contributed by atoms with Gasteiger partial charge in [0, 0.05) is 11.1 Å². The Morgan fingerprint density at radius 2 is 1.89 bits per heavy atom. The van der Waals surface area contributed by atoms with Crippen LogP contribution < -0.4 is 10.8 Å². The second-order valence-corrected chi connectivity index (χ2v) is 3.89. The number of carbonyl (C=O) groups is 2. The van der Waals surface area contributed by atoms with Crippen LogP contribution in [-0.2, 0) is 4.79 Å². The Balaban J connectivity index is 2.82. The number of amides is 2. The summed E-state index contributed by atoms with van der Waals surface area (Å²) in [6.07, 6.45) is 4.04. The molecule has 0 fully saturated rings. The molecular weight excluding hydrogens is 248 g/mol.